The predicted octanol–water partition coefficient (Wildman–Crippen LogP) is 5.71. The van der Waals surface area contributed by atoms with Gasteiger partial charge in [-0.15, -0.1) is 0 Å². The van der Waals surface area contributed by atoms with Crippen LogP contribution < -0.4 is 4.74 Å². The zero-order valence-corrected chi connectivity index (χ0v) is 16.8. The van der Waals surface area contributed by atoms with Crippen molar-refractivity contribution in [3.8, 4) is 5.75 Å². The lowest BCUT2D eigenvalue weighted by Crippen LogP contribution is -1.97. The lowest BCUT2D eigenvalue weighted by molar-refractivity contribution is 0.112. The van der Waals surface area contributed by atoms with E-state index in [0.29, 0.717) is 23.6 Å². The van der Waals surface area contributed by atoms with Gasteiger partial charge < -0.3 is 9.84 Å². The monoisotopic (exact) mass is 404 g/mol. The second kappa shape index (κ2) is 8.24. The number of ether oxygens (including phenoxy) is 1. The van der Waals surface area contributed by atoms with Crippen LogP contribution in [0.5, 0.6) is 5.75 Å². The zero-order chi connectivity index (χ0) is 20.4. The summed E-state index contributed by atoms with van der Waals surface area (Å²) in [6.45, 7) is 2.43. The first-order valence-electron chi connectivity index (χ1n) is 9.47. The van der Waals surface area contributed by atoms with Crippen molar-refractivity contribution in [2.45, 2.75) is 26.1 Å². The molecule has 1 unspecified atom stereocenters. The lowest BCUT2D eigenvalue weighted by atomic mass is 10.0. The van der Waals surface area contributed by atoms with E-state index in [4.69, 9.17) is 16.3 Å². The molecule has 1 aliphatic carbocycles. The maximum Gasteiger partial charge on any atom is 0.150 e. The van der Waals surface area contributed by atoms with Crippen LogP contribution in [0.4, 0.5) is 0 Å². The maximum absolute atomic E-state index is 10.7. The second-order valence-corrected chi connectivity index (χ2v) is 7.81. The number of hydrogen-bond donors (Lipinski definition) is 1. The van der Waals surface area contributed by atoms with Crippen molar-refractivity contribution in [2.75, 3.05) is 0 Å². The molecule has 0 bridgehead atoms. The molecule has 0 aromatic heterocycles. The highest BCUT2D eigenvalue weighted by molar-refractivity contribution is 6.30. The summed E-state index contributed by atoms with van der Waals surface area (Å²) in [5, 5.41) is 11.4. The Hall–Kier alpha value is -2.88. The minimum absolute atomic E-state index is 0.422. The molecular formula is C25H21ClO3. The summed E-state index contributed by atoms with van der Waals surface area (Å²) in [6.07, 6.45) is 2.90. The smallest absolute Gasteiger partial charge is 0.150 e. The van der Waals surface area contributed by atoms with Crippen molar-refractivity contribution >= 4 is 24.0 Å². The highest BCUT2D eigenvalue weighted by atomic mass is 35.5. The predicted molar refractivity (Wildman–Crippen MR) is 115 cm³/mol. The molecular weight excluding hydrogens is 384 g/mol. The number of aldehydes is 1. The average molecular weight is 405 g/mol. The second-order valence-electron chi connectivity index (χ2n) is 7.37. The highest BCUT2D eigenvalue weighted by Crippen LogP contribution is 2.38. The SMILES string of the molecule is Cc1cc(Cl)cc(/C=C2\Cc3cc(OCc4ccc(C=O)cc4)ccc3C2O)c1. The normalized spacial score (nSPS) is 16.7. The number of carbonyl (C=O) groups excluding carboxylic acids is 1. The molecule has 29 heavy (non-hydrogen) atoms. The first-order chi connectivity index (χ1) is 14.0. The third kappa shape index (κ3) is 4.42. The average Bonchev–Trinajstić information content (AvgIpc) is 3.01. The summed E-state index contributed by atoms with van der Waals surface area (Å²) < 4.78 is 5.90. The number of fused-ring (bicyclic) bond motifs is 1. The Morgan fingerprint density at radius 1 is 1.07 bits per heavy atom. The van der Waals surface area contributed by atoms with E-state index in [2.05, 4.69) is 6.07 Å². The summed E-state index contributed by atoms with van der Waals surface area (Å²) in [4.78, 5) is 10.7. The van der Waals surface area contributed by atoms with E-state index < -0.39 is 6.10 Å². The molecule has 3 aromatic rings. The molecule has 3 nitrogen and oxygen atoms in total. The third-order valence-corrected chi connectivity index (χ3v) is 5.31. The summed E-state index contributed by atoms with van der Waals surface area (Å²) in [7, 11) is 0. The summed E-state index contributed by atoms with van der Waals surface area (Å²) >= 11 is 6.16. The quantitative estimate of drug-likeness (QED) is 0.554. The van der Waals surface area contributed by atoms with E-state index in [1.54, 1.807) is 12.1 Å². The zero-order valence-electron chi connectivity index (χ0n) is 16.1. The summed E-state index contributed by atoms with van der Waals surface area (Å²) in [6, 6.07) is 19.0. The maximum atomic E-state index is 10.7. The Kier molecular flexibility index (Phi) is 5.52. The van der Waals surface area contributed by atoms with Crippen LogP contribution in [0.25, 0.3) is 6.08 Å². The fourth-order valence-corrected chi connectivity index (χ4v) is 3.96. The Morgan fingerprint density at radius 2 is 1.86 bits per heavy atom. The van der Waals surface area contributed by atoms with E-state index in [-0.39, 0.29) is 0 Å². The van der Waals surface area contributed by atoms with Crippen LogP contribution in [0, 0.1) is 6.92 Å². The molecule has 3 aromatic carbocycles. The van der Waals surface area contributed by atoms with Gasteiger partial charge in [0.1, 0.15) is 24.7 Å². The van der Waals surface area contributed by atoms with Gasteiger partial charge in [0.2, 0.25) is 0 Å². The van der Waals surface area contributed by atoms with Gasteiger partial charge >= 0.3 is 0 Å². The molecule has 146 valence electrons. The molecule has 1 aliphatic rings. The van der Waals surface area contributed by atoms with Crippen molar-refractivity contribution in [1.29, 1.82) is 0 Å². The fourth-order valence-electron chi connectivity index (χ4n) is 3.66. The minimum atomic E-state index is -0.616. The van der Waals surface area contributed by atoms with Gasteiger partial charge in [-0.1, -0.05) is 54.1 Å². The molecule has 1 N–H and O–H groups in total. The molecule has 0 fully saturated rings. The minimum Gasteiger partial charge on any atom is -0.489 e. The first-order valence-corrected chi connectivity index (χ1v) is 9.85. The van der Waals surface area contributed by atoms with Gasteiger partial charge in [-0.05, 0) is 71.0 Å². The molecule has 0 radical (unpaired) electrons. The van der Waals surface area contributed by atoms with Crippen molar-refractivity contribution in [2.24, 2.45) is 0 Å². The van der Waals surface area contributed by atoms with Crippen LogP contribution in [-0.4, -0.2) is 11.4 Å². The number of benzene rings is 3. The molecule has 0 aliphatic heterocycles. The third-order valence-electron chi connectivity index (χ3n) is 5.09. The van der Waals surface area contributed by atoms with Crippen LogP contribution in [0.2, 0.25) is 5.02 Å². The molecule has 4 heteroatoms. The Morgan fingerprint density at radius 3 is 2.59 bits per heavy atom. The Labute approximate surface area is 175 Å². The van der Waals surface area contributed by atoms with Crippen molar-refractivity contribution in [1.82, 2.24) is 0 Å². The molecule has 0 heterocycles. The summed E-state index contributed by atoms with van der Waals surface area (Å²) in [5.74, 6) is 0.760. The standard InChI is InChI=1S/C25H21ClO3/c1-16-8-19(11-22(26)9-16)10-21-12-20-13-23(6-7-24(20)25(21)28)29-15-18-4-2-17(14-27)3-5-18/h2-11,13-14,25,28H,12,15H2,1H3/b21-10+. The number of hydrogen-bond acceptors (Lipinski definition) is 3. The molecule has 4 rings (SSSR count). The molecule has 0 amide bonds. The number of rotatable bonds is 5. The number of halogens is 1. The molecule has 0 saturated carbocycles. The lowest BCUT2D eigenvalue weighted by Gasteiger charge is -2.09. The van der Waals surface area contributed by atoms with Crippen LogP contribution in [0.15, 0.2) is 66.2 Å². The van der Waals surface area contributed by atoms with Crippen molar-refractivity contribution in [3.05, 3.63) is 105 Å². The van der Waals surface area contributed by atoms with Gasteiger partial charge in [0.25, 0.3) is 0 Å². The van der Waals surface area contributed by atoms with E-state index in [1.165, 1.54) is 0 Å². The number of carbonyl (C=O) groups is 1. The van der Waals surface area contributed by atoms with Crippen molar-refractivity contribution < 1.29 is 14.6 Å². The van der Waals surface area contributed by atoms with Gasteiger partial charge in [-0.3, -0.25) is 4.79 Å². The summed E-state index contributed by atoms with van der Waals surface area (Å²) in [5.41, 5.74) is 6.65. The highest BCUT2D eigenvalue weighted by Gasteiger charge is 2.25. The molecule has 0 spiro atoms. The number of aliphatic hydroxyl groups is 1. The van der Waals surface area contributed by atoms with Crippen LogP contribution >= 0.6 is 11.6 Å². The van der Waals surface area contributed by atoms with Gasteiger partial charge in [0, 0.05) is 10.6 Å². The van der Waals surface area contributed by atoms with Gasteiger partial charge in [-0.2, -0.15) is 0 Å². The van der Waals surface area contributed by atoms with Gasteiger partial charge in [-0.25, -0.2) is 0 Å². The first kappa shape index (κ1) is 19.4. The number of aliphatic hydroxyl groups excluding tert-OH is 1. The van der Waals surface area contributed by atoms with Gasteiger partial charge in [0.15, 0.2) is 0 Å². The van der Waals surface area contributed by atoms with E-state index >= 15 is 0 Å². The van der Waals surface area contributed by atoms with E-state index in [0.717, 1.165) is 45.4 Å². The number of aryl methyl sites for hydroxylation is 1. The molecule has 0 saturated heterocycles. The molecule has 1 atom stereocenters. The van der Waals surface area contributed by atoms with E-state index in [1.807, 2.05) is 55.5 Å². The Bertz CT molecular complexity index is 1060. The van der Waals surface area contributed by atoms with Crippen LogP contribution in [0.1, 0.15) is 44.3 Å². The van der Waals surface area contributed by atoms with E-state index in [9.17, 15) is 9.90 Å². The van der Waals surface area contributed by atoms with Gasteiger partial charge in [0.05, 0.1) is 0 Å². The van der Waals surface area contributed by atoms with Crippen molar-refractivity contribution in [3.63, 3.8) is 0 Å². The fraction of sp³-hybridized carbons (Fsp3) is 0.160. The van der Waals surface area contributed by atoms with Crippen LogP contribution in [0.3, 0.4) is 0 Å². The van der Waals surface area contributed by atoms with Crippen LogP contribution in [-0.2, 0) is 13.0 Å². The largest absolute Gasteiger partial charge is 0.489 e. The Balaban J connectivity index is 1.49. The topological polar surface area (TPSA) is 46.5 Å².